The van der Waals surface area contributed by atoms with E-state index in [4.69, 9.17) is 9.47 Å². The Morgan fingerprint density at radius 2 is 1.79 bits per heavy atom. The summed E-state index contributed by atoms with van der Waals surface area (Å²) in [4.78, 5) is 13.7. The molecule has 1 saturated heterocycles. The zero-order chi connectivity index (χ0) is 19.9. The van der Waals surface area contributed by atoms with Crippen LogP contribution >= 0.6 is 12.4 Å². The van der Waals surface area contributed by atoms with Crippen LogP contribution in [0.2, 0.25) is 0 Å². The maximum atomic E-state index is 13.4. The van der Waals surface area contributed by atoms with Gasteiger partial charge in [-0.1, -0.05) is 0 Å². The maximum Gasteiger partial charge on any atom is 0.405 e. The Bertz CT molecular complexity index is 626. The van der Waals surface area contributed by atoms with E-state index in [1.165, 1.54) is 17.0 Å². The standard InChI is InChI=1S/C18H26F3N3O3.ClH/c1-3-26-14-6-5-13(11-15(14)27-4-2)17(25)23-12-16(18(19,20)21)24-9-7-22-8-10-24;/h5-6,11,16,22H,3-4,7-10,12H2,1-2H3,(H,23,25);1H. The molecule has 0 aliphatic carbocycles. The monoisotopic (exact) mass is 425 g/mol. The van der Waals surface area contributed by atoms with Gasteiger partial charge in [0.1, 0.15) is 6.04 Å². The molecule has 0 spiro atoms. The van der Waals surface area contributed by atoms with Crippen molar-refractivity contribution >= 4 is 18.3 Å². The second-order valence-corrected chi connectivity index (χ2v) is 6.08. The molecule has 1 aliphatic heterocycles. The van der Waals surface area contributed by atoms with Crippen molar-refractivity contribution in [2.45, 2.75) is 26.1 Å². The molecule has 1 aliphatic rings. The molecule has 1 aromatic rings. The van der Waals surface area contributed by atoms with E-state index in [0.717, 1.165) is 0 Å². The number of ether oxygens (including phenoxy) is 2. The lowest BCUT2D eigenvalue weighted by atomic mass is 10.1. The van der Waals surface area contributed by atoms with Crippen molar-refractivity contribution in [2.24, 2.45) is 0 Å². The molecule has 2 N–H and O–H groups in total. The highest BCUT2D eigenvalue weighted by Crippen LogP contribution is 2.29. The lowest BCUT2D eigenvalue weighted by Gasteiger charge is -2.35. The Labute approximate surface area is 169 Å². The van der Waals surface area contributed by atoms with E-state index >= 15 is 0 Å². The number of alkyl halides is 3. The average molecular weight is 426 g/mol. The molecule has 0 aromatic heterocycles. The minimum Gasteiger partial charge on any atom is -0.490 e. The van der Waals surface area contributed by atoms with E-state index < -0.39 is 24.7 Å². The average Bonchev–Trinajstić information content (AvgIpc) is 2.63. The molecule has 1 amide bonds. The summed E-state index contributed by atoms with van der Waals surface area (Å²) < 4.78 is 51.1. The Morgan fingerprint density at radius 3 is 2.36 bits per heavy atom. The molecule has 0 bridgehead atoms. The van der Waals surface area contributed by atoms with Gasteiger partial charge in [-0.3, -0.25) is 9.69 Å². The second-order valence-electron chi connectivity index (χ2n) is 6.08. The van der Waals surface area contributed by atoms with Gasteiger partial charge in [0.2, 0.25) is 0 Å². The molecular weight excluding hydrogens is 399 g/mol. The van der Waals surface area contributed by atoms with Gasteiger partial charge >= 0.3 is 6.18 Å². The first-order chi connectivity index (χ1) is 12.9. The van der Waals surface area contributed by atoms with Crippen LogP contribution in [0.1, 0.15) is 24.2 Å². The third-order valence-electron chi connectivity index (χ3n) is 4.23. The van der Waals surface area contributed by atoms with E-state index in [-0.39, 0.29) is 31.1 Å². The number of rotatable bonds is 8. The number of amides is 1. The number of piperazine rings is 1. The molecule has 0 saturated carbocycles. The van der Waals surface area contributed by atoms with E-state index in [1.807, 2.05) is 6.92 Å². The fourth-order valence-corrected chi connectivity index (χ4v) is 2.93. The summed E-state index contributed by atoms with van der Waals surface area (Å²) in [5, 5.41) is 5.43. The molecule has 1 unspecified atom stereocenters. The largest absolute Gasteiger partial charge is 0.490 e. The molecular formula is C18H27ClF3N3O3. The predicted molar refractivity (Wildman–Crippen MR) is 103 cm³/mol. The van der Waals surface area contributed by atoms with Gasteiger partial charge in [0.05, 0.1) is 13.2 Å². The zero-order valence-electron chi connectivity index (χ0n) is 16.0. The van der Waals surface area contributed by atoms with Crippen LogP contribution in [0.5, 0.6) is 11.5 Å². The van der Waals surface area contributed by atoms with Gasteiger partial charge in [-0.05, 0) is 32.0 Å². The number of nitrogens with one attached hydrogen (secondary N) is 2. The summed E-state index contributed by atoms with van der Waals surface area (Å²) in [6, 6.07) is 2.87. The molecule has 1 heterocycles. The van der Waals surface area contributed by atoms with Crippen LogP contribution in [-0.4, -0.2) is 69.0 Å². The Hall–Kier alpha value is -1.71. The van der Waals surface area contributed by atoms with Crippen LogP contribution in [-0.2, 0) is 0 Å². The summed E-state index contributed by atoms with van der Waals surface area (Å²) in [5.74, 6) is 0.301. The number of carbonyl (C=O) groups excluding carboxylic acids is 1. The second kappa shape index (κ2) is 11.3. The van der Waals surface area contributed by atoms with Gasteiger partial charge in [0.25, 0.3) is 5.91 Å². The number of carbonyl (C=O) groups is 1. The number of hydrogen-bond acceptors (Lipinski definition) is 5. The number of halogens is 4. The van der Waals surface area contributed by atoms with Crippen molar-refractivity contribution in [1.29, 1.82) is 0 Å². The molecule has 0 radical (unpaired) electrons. The number of hydrogen-bond donors (Lipinski definition) is 2. The Morgan fingerprint density at radius 1 is 1.18 bits per heavy atom. The van der Waals surface area contributed by atoms with Crippen molar-refractivity contribution in [2.75, 3.05) is 45.9 Å². The van der Waals surface area contributed by atoms with Crippen molar-refractivity contribution in [3.05, 3.63) is 23.8 Å². The van der Waals surface area contributed by atoms with Gasteiger partial charge < -0.3 is 20.1 Å². The number of benzene rings is 1. The summed E-state index contributed by atoms with van der Waals surface area (Å²) >= 11 is 0. The van der Waals surface area contributed by atoms with Gasteiger partial charge in [-0.2, -0.15) is 13.2 Å². The summed E-state index contributed by atoms with van der Waals surface area (Å²) in [6.07, 6.45) is -4.42. The highest BCUT2D eigenvalue weighted by atomic mass is 35.5. The first-order valence-electron chi connectivity index (χ1n) is 9.06. The fourth-order valence-electron chi connectivity index (χ4n) is 2.93. The van der Waals surface area contributed by atoms with E-state index in [2.05, 4.69) is 10.6 Å². The summed E-state index contributed by atoms with van der Waals surface area (Å²) in [5.41, 5.74) is 0.225. The van der Waals surface area contributed by atoms with Gasteiger partial charge in [-0.15, -0.1) is 12.4 Å². The SMILES string of the molecule is CCOc1ccc(C(=O)NCC(N2CCNCC2)C(F)(F)F)cc1OCC.Cl. The lowest BCUT2D eigenvalue weighted by Crippen LogP contribution is -2.57. The van der Waals surface area contributed by atoms with Crippen molar-refractivity contribution in [1.82, 2.24) is 15.5 Å². The topological polar surface area (TPSA) is 62.8 Å². The normalized spacial score (nSPS) is 16.0. The summed E-state index contributed by atoms with van der Waals surface area (Å²) in [6.45, 7) is 5.50. The molecule has 1 fully saturated rings. The van der Waals surface area contributed by atoms with Crippen LogP contribution in [0, 0.1) is 0 Å². The van der Waals surface area contributed by atoms with Gasteiger partial charge in [-0.25, -0.2) is 0 Å². The molecule has 160 valence electrons. The summed E-state index contributed by atoms with van der Waals surface area (Å²) in [7, 11) is 0. The minimum atomic E-state index is -4.42. The third-order valence-corrected chi connectivity index (χ3v) is 4.23. The molecule has 28 heavy (non-hydrogen) atoms. The smallest absolute Gasteiger partial charge is 0.405 e. The molecule has 1 atom stereocenters. The first kappa shape index (κ1) is 24.3. The van der Waals surface area contributed by atoms with Gasteiger partial charge in [0.15, 0.2) is 11.5 Å². The van der Waals surface area contributed by atoms with Crippen LogP contribution in [0.4, 0.5) is 13.2 Å². The quantitative estimate of drug-likeness (QED) is 0.670. The first-order valence-corrected chi connectivity index (χ1v) is 9.06. The highest BCUT2D eigenvalue weighted by Gasteiger charge is 2.43. The van der Waals surface area contributed by atoms with Gasteiger partial charge in [0, 0.05) is 38.3 Å². The Kier molecular flexibility index (Phi) is 9.84. The fraction of sp³-hybridized carbons (Fsp3) is 0.611. The van der Waals surface area contributed by atoms with E-state index in [0.29, 0.717) is 37.8 Å². The Balaban J connectivity index is 0.00000392. The lowest BCUT2D eigenvalue weighted by molar-refractivity contribution is -0.183. The van der Waals surface area contributed by atoms with Crippen molar-refractivity contribution < 1.29 is 27.4 Å². The van der Waals surface area contributed by atoms with Crippen LogP contribution < -0.4 is 20.1 Å². The number of nitrogens with zero attached hydrogens (tertiary/aromatic N) is 1. The maximum absolute atomic E-state index is 13.4. The van der Waals surface area contributed by atoms with Crippen LogP contribution in [0.25, 0.3) is 0 Å². The van der Waals surface area contributed by atoms with E-state index in [1.54, 1.807) is 13.0 Å². The zero-order valence-corrected chi connectivity index (χ0v) is 16.8. The third kappa shape index (κ3) is 6.72. The molecule has 10 heteroatoms. The highest BCUT2D eigenvalue weighted by molar-refractivity contribution is 5.94. The molecule has 6 nitrogen and oxygen atoms in total. The molecule has 2 rings (SSSR count). The predicted octanol–water partition coefficient (Wildman–Crippen LogP) is 2.47. The van der Waals surface area contributed by atoms with E-state index in [9.17, 15) is 18.0 Å². The van der Waals surface area contributed by atoms with Crippen LogP contribution in [0.15, 0.2) is 18.2 Å². The molecule has 1 aromatic carbocycles. The van der Waals surface area contributed by atoms with Crippen LogP contribution in [0.3, 0.4) is 0 Å². The minimum absolute atomic E-state index is 0. The van der Waals surface area contributed by atoms with Crippen molar-refractivity contribution in [3.8, 4) is 11.5 Å². The van der Waals surface area contributed by atoms with Crippen molar-refractivity contribution in [3.63, 3.8) is 0 Å².